The Kier molecular flexibility index (Phi) is 5.02. The van der Waals surface area contributed by atoms with Crippen molar-refractivity contribution in [1.82, 2.24) is 19.7 Å². The van der Waals surface area contributed by atoms with Crippen LogP contribution in [0.3, 0.4) is 0 Å². The lowest BCUT2D eigenvalue weighted by molar-refractivity contribution is 0.0975. The third kappa shape index (κ3) is 3.47. The lowest BCUT2D eigenvalue weighted by Crippen LogP contribution is -2.32. The van der Waals surface area contributed by atoms with Crippen LogP contribution >= 0.6 is 11.3 Å². The fourth-order valence-electron chi connectivity index (χ4n) is 3.24. The number of benzene rings is 1. The van der Waals surface area contributed by atoms with Gasteiger partial charge in [0.15, 0.2) is 5.13 Å². The van der Waals surface area contributed by atoms with Crippen molar-refractivity contribution in [2.24, 2.45) is 7.05 Å². The van der Waals surface area contributed by atoms with Crippen molar-refractivity contribution < 1.29 is 9.53 Å². The van der Waals surface area contributed by atoms with E-state index in [0.717, 1.165) is 27.0 Å². The predicted octanol–water partition coefficient (Wildman–Crippen LogP) is 3.90. The number of nitrogens with zero attached hydrogens (tertiary/aromatic N) is 5. The second kappa shape index (κ2) is 7.63. The molecule has 1 aromatic carbocycles. The van der Waals surface area contributed by atoms with Crippen molar-refractivity contribution in [2.45, 2.75) is 20.4 Å². The number of ether oxygens (including phenoxy) is 1. The minimum Gasteiger partial charge on any atom is -0.494 e. The van der Waals surface area contributed by atoms with Crippen LogP contribution in [0.1, 0.15) is 27.3 Å². The summed E-state index contributed by atoms with van der Waals surface area (Å²) in [6.45, 7) is 4.22. The van der Waals surface area contributed by atoms with Crippen molar-refractivity contribution in [3.8, 4) is 5.75 Å². The van der Waals surface area contributed by atoms with Gasteiger partial charge in [-0.3, -0.25) is 19.4 Å². The Balaban J connectivity index is 1.85. The highest BCUT2D eigenvalue weighted by Crippen LogP contribution is 2.37. The quantitative estimate of drug-likeness (QED) is 0.502. The average molecular weight is 407 g/mol. The van der Waals surface area contributed by atoms with E-state index in [2.05, 4.69) is 10.1 Å². The SMILES string of the molecule is COc1ccc(C)c2sc(N(Cc3ccccn3)C(=O)c3c(C)cnn3C)nc12. The number of aromatic nitrogens is 4. The molecule has 0 bridgehead atoms. The van der Waals surface area contributed by atoms with Crippen LogP contribution in [0.4, 0.5) is 5.13 Å². The molecule has 0 radical (unpaired) electrons. The second-order valence-electron chi connectivity index (χ2n) is 6.77. The molecule has 0 atom stereocenters. The zero-order valence-electron chi connectivity index (χ0n) is 16.7. The van der Waals surface area contributed by atoms with Gasteiger partial charge in [0, 0.05) is 13.2 Å². The molecule has 4 rings (SSSR count). The van der Waals surface area contributed by atoms with E-state index in [1.54, 1.807) is 36.1 Å². The van der Waals surface area contributed by atoms with Crippen LogP contribution in [0.25, 0.3) is 10.2 Å². The van der Waals surface area contributed by atoms with E-state index in [1.807, 2.05) is 44.2 Å². The number of anilines is 1. The number of thiazole rings is 1. The second-order valence-corrected chi connectivity index (χ2v) is 7.75. The molecule has 29 heavy (non-hydrogen) atoms. The topological polar surface area (TPSA) is 73.1 Å². The van der Waals surface area contributed by atoms with E-state index in [0.29, 0.717) is 23.1 Å². The van der Waals surface area contributed by atoms with E-state index in [9.17, 15) is 4.79 Å². The number of carbonyl (C=O) groups excluding carboxylic acids is 1. The molecule has 3 aromatic heterocycles. The van der Waals surface area contributed by atoms with Crippen LogP contribution < -0.4 is 9.64 Å². The van der Waals surface area contributed by atoms with Gasteiger partial charge in [-0.1, -0.05) is 23.5 Å². The third-order valence-electron chi connectivity index (χ3n) is 4.76. The molecule has 7 nitrogen and oxygen atoms in total. The summed E-state index contributed by atoms with van der Waals surface area (Å²) >= 11 is 1.47. The van der Waals surface area contributed by atoms with Gasteiger partial charge >= 0.3 is 0 Å². The van der Waals surface area contributed by atoms with Gasteiger partial charge in [-0.25, -0.2) is 4.98 Å². The molecular formula is C21H21N5O2S. The Morgan fingerprint density at radius 2 is 2.03 bits per heavy atom. The first-order valence-electron chi connectivity index (χ1n) is 9.14. The molecular weight excluding hydrogens is 386 g/mol. The monoisotopic (exact) mass is 407 g/mol. The van der Waals surface area contributed by atoms with Gasteiger partial charge in [-0.2, -0.15) is 5.10 Å². The van der Waals surface area contributed by atoms with Crippen LogP contribution in [0.2, 0.25) is 0 Å². The van der Waals surface area contributed by atoms with Crippen LogP contribution in [-0.4, -0.2) is 32.8 Å². The van der Waals surface area contributed by atoms with Crippen LogP contribution in [0.5, 0.6) is 5.75 Å². The van der Waals surface area contributed by atoms with Gasteiger partial charge in [0.25, 0.3) is 5.91 Å². The summed E-state index contributed by atoms with van der Waals surface area (Å²) < 4.78 is 8.08. The van der Waals surface area contributed by atoms with Crippen molar-refractivity contribution in [3.05, 3.63) is 65.2 Å². The number of methoxy groups -OCH3 is 1. The molecule has 8 heteroatoms. The van der Waals surface area contributed by atoms with Gasteiger partial charge in [-0.05, 0) is 43.2 Å². The van der Waals surface area contributed by atoms with E-state index in [1.165, 1.54) is 11.3 Å². The molecule has 0 fully saturated rings. The summed E-state index contributed by atoms with van der Waals surface area (Å²) in [7, 11) is 3.39. The van der Waals surface area contributed by atoms with Gasteiger partial charge in [-0.15, -0.1) is 0 Å². The van der Waals surface area contributed by atoms with E-state index in [-0.39, 0.29) is 5.91 Å². The van der Waals surface area contributed by atoms with E-state index < -0.39 is 0 Å². The van der Waals surface area contributed by atoms with Gasteiger partial charge < -0.3 is 4.74 Å². The number of aryl methyl sites for hydroxylation is 3. The minimum atomic E-state index is -0.163. The Labute approximate surface area is 172 Å². The molecule has 0 unspecified atom stereocenters. The summed E-state index contributed by atoms with van der Waals surface area (Å²) in [5, 5.41) is 4.82. The number of pyridine rings is 1. The first-order chi connectivity index (χ1) is 14.0. The number of amides is 1. The number of rotatable bonds is 5. The molecule has 0 N–H and O–H groups in total. The smallest absolute Gasteiger partial charge is 0.278 e. The Hall–Kier alpha value is -3.26. The summed E-state index contributed by atoms with van der Waals surface area (Å²) in [5.74, 6) is 0.527. The maximum Gasteiger partial charge on any atom is 0.278 e. The zero-order valence-corrected chi connectivity index (χ0v) is 17.5. The molecule has 0 aliphatic heterocycles. The van der Waals surface area contributed by atoms with Crippen LogP contribution in [-0.2, 0) is 13.6 Å². The molecule has 0 aliphatic rings. The highest BCUT2D eigenvalue weighted by Gasteiger charge is 2.26. The van der Waals surface area contributed by atoms with Crippen molar-refractivity contribution in [3.63, 3.8) is 0 Å². The highest BCUT2D eigenvalue weighted by atomic mass is 32.1. The first-order valence-corrected chi connectivity index (χ1v) is 9.95. The van der Waals surface area contributed by atoms with Gasteiger partial charge in [0.05, 0.1) is 30.2 Å². The minimum absolute atomic E-state index is 0.163. The fourth-order valence-corrected chi connectivity index (χ4v) is 4.29. The lowest BCUT2D eigenvalue weighted by Gasteiger charge is -2.20. The van der Waals surface area contributed by atoms with Gasteiger partial charge in [0.1, 0.15) is 17.0 Å². The summed E-state index contributed by atoms with van der Waals surface area (Å²) in [6.07, 6.45) is 3.41. The predicted molar refractivity (Wildman–Crippen MR) is 114 cm³/mol. The van der Waals surface area contributed by atoms with E-state index >= 15 is 0 Å². The first kappa shape index (κ1) is 19.1. The molecule has 4 aromatic rings. The maximum atomic E-state index is 13.5. The third-order valence-corrected chi connectivity index (χ3v) is 5.97. The molecule has 0 spiro atoms. The molecule has 148 valence electrons. The Bertz CT molecular complexity index is 1160. The van der Waals surface area contributed by atoms with Crippen LogP contribution in [0, 0.1) is 13.8 Å². The summed E-state index contributed by atoms with van der Waals surface area (Å²) in [4.78, 5) is 24.4. The molecule has 1 amide bonds. The van der Waals surface area contributed by atoms with Crippen molar-refractivity contribution in [1.29, 1.82) is 0 Å². The highest BCUT2D eigenvalue weighted by molar-refractivity contribution is 7.22. The normalized spacial score (nSPS) is 11.0. The van der Waals surface area contributed by atoms with E-state index in [4.69, 9.17) is 9.72 Å². The van der Waals surface area contributed by atoms with Crippen molar-refractivity contribution in [2.75, 3.05) is 12.0 Å². The average Bonchev–Trinajstić information content (AvgIpc) is 3.31. The molecule has 3 heterocycles. The Morgan fingerprint density at radius 1 is 1.21 bits per heavy atom. The van der Waals surface area contributed by atoms with Crippen LogP contribution in [0.15, 0.2) is 42.7 Å². The Morgan fingerprint density at radius 3 is 2.69 bits per heavy atom. The standard InChI is InChI=1S/C21H21N5O2S/c1-13-8-9-16(28-4)17-19(13)29-21(24-17)26(12-15-7-5-6-10-22-15)20(27)18-14(2)11-23-25(18)3/h5-11H,12H2,1-4H3. The maximum absolute atomic E-state index is 13.5. The summed E-state index contributed by atoms with van der Waals surface area (Å²) in [6, 6.07) is 9.56. The fraction of sp³-hybridized carbons (Fsp3) is 0.238. The number of hydrogen-bond acceptors (Lipinski definition) is 6. The largest absolute Gasteiger partial charge is 0.494 e. The number of hydrogen-bond donors (Lipinski definition) is 0. The molecule has 0 aliphatic carbocycles. The molecule has 0 saturated carbocycles. The zero-order chi connectivity index (χ0) is 20.5. The number of fused-ring (bicyclic) bond motifs is 1. The number of carbonyl (C=O) groups is 1. The van der Waals surface area contributed by atoms with Crippen molar-refractivity contribution >= 4 is 32.6 Å². The van der Waals surface area contributed by atoms with Gasteiger partial charge in [0.2, 0.25) is 0 Å². The molecule has 0 saturated heterocycles. The lowest BCUT2D eigenvalue weighted by atomic mass is 10.2. The summed E-state index contributed by atoms with van der Waals surface area (Å²) in [5.41, 5.74) is 3.98.